The van der Waals surface area contributed by atoms with Gasteiger partial charge in [0.1, 0.15) is 0 Å². The number of hydrogen-bond donors (Lipinski definition) is 1. The van der Waals surface area contributed by atoms with E-state index in [1.807, 2.05) is 0 Å². The van der Waals surface area contributed by atoms with Crippen molar-refractivity contribution in [3.8, 4) is 0 Å². The van der Waals surface area contributed by atoms with Crippen molar-refractivity contribution < 1.29 is 4.74 Å². The van der Waals surface area contributed by atoms with Crippen molar-refractivity contribution in [2.75, 3.05) is 45.8 Å². The van der Waals surface area contributed by atoms with E-state index in [-0.39, 0.29) is 0 Å². The average Bonchev–Trinajstić information content (AvgIpc) is 2.95. The van der Waals surface area contributed by atoms with Crippen LogP contribution in [0.3, 0.4) is 0 Å². The van der Waals surface area contributed by atoms with Gasteiger partial charge >= 0.3 is 0 Å². The van der Waals surface area contributed by atoms with Crippen molar-refractivity contribution >= 4 is 0 Å². The molecule has 4 nitrogen and oxygen atoms in total. The number of nitrogens with zero attached hydrogens (tertiary/aromatic N) is 2. The Morgan fingerprint density at radius 2 is 1.81 bits per heavy atom. The molecule has 0 amide bonds. The zero-order chi connectivity index (χ0) is 15.1. The summed E-state index contributed by atoms with van der Waals surface area (Å²) < 4.78 is 6.19. The molecule has 0 aromatic rings. The van der Waals surface area contributed by atoms with Crippen LogP contribution in [-0.2, 0) is 4.74 Å². The normalized spacial score (nSPS) is 29.9. The van der Waals surface area contributed by atoms with Gasteiger partial charge in [0.25, 0.3) is 0 Å². The van der Waals surface area contributed by atoms with E-state index in [1.54, 1.807) is 0 Å². The van der Waals surface area contributed by atoms with E-state index in [0.29, 0.717) is 12.2 Å². The Hall–Kier alpha value is -0.160. The first-order valence-electron chi connectivity index (χ1n) is 9.05. The second-order valence-electron chi connectivity index (χ2n) is 6.76. The molecule has 2 heterocycles. The lowest BCUT2D eigenvalue weighted by Crippen LogP contribution is -2.51. The minimum Gasteiger partial charge on any atom is -0.372 e. The highest BCUT2D eigenvalue weighted by atomic mass is 16.5. The average molecular weight is 297 g/mol. The zero-order valence-electron chi connectivity index (χ0n) is 14.3. The Kier molecular flexibility index (Phi) is 7.44. The summed E-state index contributed by atoms with van der Waals surface area (Å²) in [6.07, 6.45) is 5.85. The molecule has 3 atom stereocenters. The summed E-state index contributed by atoms with van der Waals surface area (Å²) in [7, 11) is 0. The molecule has 0 spiro atoms. The molecule has 2 saturated heterocycles. The Labute approximate surface area is 131 Å². The van der Waals surface area contributed by atoms with Crippen LogP contribution in [0.2, 0.25) is 0 Å². The summed E-state index contributed by atoms with van der Waals surface area (Å²) in [5.74, 6) is 0. The minimum atomic E-state index is 0.447. The van der Waals surface area contributed by atoms with Gasteiger partial charge in [-0.1, -0.05) is 13.8 Å². The van der Waals surface area contributed by atoms with Crippen molar-refractivity contribution in [1.82, 2.24) is 15.1 Å². The number of piperazine rings is 1. The summed E-state index contributed by atoms with van der Waals surface area (Å²) in [6, 6.07) is 0.740. The SMILES string of the molecule is CCCNCC1CCC(CN2CCN(C(C)CC)CC2)O1. The molecule has 0 saturated carbocycles. The van der Waals surface area contributed by atoms with Gasteiger partial charge in [0.05, 0.1) is 12.2 Å². The standard InChI is InChI=1S/C17H35N3O/c1-4-8-18-13-16-6-7-17(21-16)14-19-9-11-20(12-10-19)15(3)5-2/h15-18H,4-14H2,1-3H3. The summed E-state index contributed by atoms with van der Waals surface area (Å²) in [6.45, 7) is 15.0. The fourth-order valence-corrected chi connectivity index (χ4v) is 3.44. The Morgan fingerprint density at radius 1 is 1.10 bits per heavy atom. The molecule has 124 valence electrons. The Balaban J connectivity index is 1.61. The van der Waals surface area contributed by atoms with E-state index >= 15 is 0 Å². The molecular weight excluding hydrogens is 262 g/mol. The lowest BCUT2D eigenvalue weighted by atomic mass is 10.1. The van der Waals surface area contributed by atoms with Crippen LogP contribution in [0.1, 0.15) is 46.5 Å². The molecule has 2 fully saturated rings. The summed E-state index contributed by atoms with van der Waals surface area (Å²) in [4.78, 5) is 5.23. The molecule has 1 N–H and O–H groups in total. The molecular formula is C17H35N3O. The fraction of sp³-hybridized carbons (Fsp3) is 1.00. The van der Waals surface area contributed by atoms with Gasteiger partial charge in [0, 0.05) is 45.3 Å². The van der Waals surface area contributed by atoms with Crippen LogP contribution in [0, 0.1) is 0 Å². The topological polar surface area (TPSA) is 27.7 Å². The third-order valence-electron chi connectivity index (χ3n) is 5.08. The second kappa shape index (κ2) is 9.09. The monoisotopic (exact) mass is 297 g/mol. The van der Waals surface area contributed by atoms with Crippen LogP contribution in [0.4, 0.5) is 0 Å². The van der Waals surface area contributed by atoms with Crippen LogP contribution < -0.4 is 5.32 Å². The van der Waals surface area contributed by atoms with Crippen LogP contribution in [0.25, 0.3) is 0 Å². The number of ether oxygens (including phenoxy) is 1. The van der Waals surface area contributed by atoms with Crippen molar-refractivity contribution in [2.45, 2.75) is 64.7 Å². The zero-order valence-corrected chi connectivity index (χ0v) is 14.3. The molecule has 3 unspecified atom stereocenters. The van der Waals surface area contributed by atoms with Gasteiger partial charge in [-0.3, -0.25) is 9.80 Å². The highest BCUT2D eigenvalue weighted by molar-refractivity contribution is 4.81. The quantitative estimate of drug-likeness (QED) is 0.693. The fourth-order valence-electron chi connectivity index (χ4n) is 3.44. The summed E-state index contributed by atoms with van der Waals surface area (Å²) in [5, 5.41) is 3.48. The molecule has 0 aliphatic carbocycles. The maximum atomic E-state index is 6.19. The van der Waals surface area contributed by atoms with Crippen molar-refractivity contribution in [1.29, 1.82) is 0 Å². The molecule has 0 bridgehead atoms. The summed E-state index contributed by atoms with van der Waals surface area (Å²) >= 11 is 0. The first-order valence-corrected chi connectivity index (χ1v) is 9.05. The third-order valence-corrected chi connectivity index (χ3v) is 5.08. The van der Waals surface area contributed by atoms with E-state index in [0.717, 1.165) is 25.7 Å². The molecule has 2 rings (SSSR count). The maximum absolute atomic E-state index is 6.19. The molecule has 2 aliphatic heterocycles. The third kappa shape index (κ3) is 5.51. The largest absolute Gasteiger partial charge is 0.372 e. The smallest absolute Gasteiger partial charge is 0.0707 e. The van der Waals surface area contributed by atoms with Crippen LogP contribution in [0.5, 0.6) is 0 Å². The lowest BCUT2D eigenvalue weighted by Gasteiger charge is -2.38. The highest BCUT2D eigenvalue weighted by Crippen LogP contribution is 2.21. The minimum absolute atomic E-state index is 0.447. The van der Waals surface area contributed by atoms with Crippen LogP contribution in [0.15, 0.2) is 0 Å². The van der Waals surface area contributed by atoms with E-state index in [2.05, 4.69) is 35.9 Å². The van der Waals surface area contributed by atoms with Crippen molar-refractivity contribution in [3.63, 3.8) is 0 Å². The Bertz CT molecular complexity index is 279. The van der Waals surface area contributed by atoms with Crippen molar-refractivity contribution in [3.05, 3.63) is 0 Å². The van der Waals surface area contributed by atoms with E-state index in [4.69, 9.17) is 4.74 Å². The van der Waals surface area contributed by atoms with Crippen LogP contribution >= 0.6 is 0 Å². The first-order chi connectivity index (χ1) is 10.2. The Morgan fingerprint density at radius 3 is 2.48 bits per heavy atom. The van der Waals surface area contributed by atoms with E-state index in [1.165, 1.54) is 51.9 Å². The molecule has 4 heteroatoms. The van der Waals surface area contributed by atoms with Crippen molar-refractivity contribution in [2.24, 2.45) is 0 Å². The number of rotatable bonds is 8. The number of hydrogen-bond acceptors (Lipinski definition) is 4. The second-order valence-corrected chi connectivity index (χ2v) is 6.76. The molecule has 0 radical (unpaired) electrons. The van der Waals surface area contributed by atoms with E-state index < -0.39 is 0 Å². The van der Waals surface area contributed by atoms with E-state index in [9.17, 15) is 0 Å². The molecule has 2 aliphatic rings. The summed E-state index contributed by atoms with van der Waals surface area (Å²) in [5.41, 5.74) is 0. The highest BCUT2D eigenvalue weighted by Gasteiger charge is 2.28. The van der Waals surface area contributed by atoms with Gasteiger partial charge in [-0.15, -0.1) is 0 Å². The predicted molar refractivity (Wildman–Crippen MR) is 88.8 cm³/mol. The number of nitrogens with one attached hydrogen (secondary N) is 1. The van der Waals surface area contributed by atoms with Gasteiger partial charge < -0.3 is 10.1 Å². The van der Waals surface area contributed by atoms with Gasteiger partial charge in [0.2, 0.25) is 0 Å². The lowest BCUT2D eigenvalue weighted by molar-refractivity contribution is 0.00905. The molecule has 0 aromatic carbocycles. The van der Waals surface area contributed by atoms with Gasteiger partial charge in [0.15, 0.2) is 0 Å². The first kappa shape index (κ1) is 17.2. The van der Waals surface area contributed by atoms with Crippen LogP contribution in [-0.4, -0.2) is 73.9 Å². The van der Waals surface area contributed by atoms with Gasteiger partial charge in [-0.2, -0.15) is 0 Å². The predicted octanol–water partition coefficient (Wildman–Crippen LogP) is 1.95. The van der Waals surface area contributed by atoms with Gasteiger partial charge in [-0.25, -0.2) is 0 Å². The van der Waals surface area contributed by atoms with Gasteiger partial charge in [-0.05, 0) is 39.2 Å². The molecule has 0 aromatic heterocycles. The maximum Gasteiger partial charge on any atom is 0.0707 e. The molecule has 21 heavy (non-hydrogen) atoms.